The largest absolute Gasteiger partial charge is 0.458 e. The van der Waals surface area contributed by atoms with Gasteiger partial charge in [-0.3, -0.25) is 4.79 Å². The van der Waals surface area contributed by atoms with E-state index in [9.17, 15) is 19.5 Å². The molecule has 4 aliphatic rings. The predicted molar refractivity (Wildman–Crippen MR) is 174 cm³/mol. The summed E-state index contributed by atoms with van der Waals surface area (Å²) in [5.74, 6) is -0.266. The molecule has 1 atom stereocenters. The van der Waals surface area contributed by atoms with Crippen LogP contribution < -0.4 is 10.3 Å². The monoisotopic (exact) mass is 658 g/mol. The van der Waals surface area contributed by atoms with Gasteiger partial charge in [0.05, 0.1) is 29.0 Å². The Hall–Kier alpha value is -3.55. The Bertz CT molecular complexity index is 1700. The van der Waals surface area contributed by atoms with E-state index in [1.807, 2.05) is 17.0 Å². The number of pyridine rings is 2. The molecule has 46 heavy (non-hydrogen) atoms. The van der Waals surface area contributed by atoms with Gasteiger partial charge in [-0.2, -0.15) is 0 Å². The highest BCUT2D eigenvalue weighted by Gasteiger charge is 2.45. The molecular weight excluding hydrogens is 616 g/mol. The molecule has 12 nitrogen and oxygen atoms in total. The van der Waals surface area contributed by atoms with Crippen molar-refractivity contribution >= 4 is 35.4 Å². The molecule has 0 bridgehead atoms. The highest BCUT2D eigenvalue weighted by molar-refractivity contribution is 5.90. The molecular formula is C33H43ClN4O8. The van der Waals surface area contributed by atoms with Crippen LogP contribution in [-0.4, -0.2) is 79.7 Å². The molecule has 1 aromatic carbocycles. The number of aliphatic hydroxyl groups is 1. The normalized spacial score (nSPS) is 20.8. The number of fused-ring (bicyclic) bond motifs is 5. The van der Waals surface area contributed by atoms with Gasteiger partial charge in [0.2, 0.25) is 0 Å². The number of halogens is 1. The molecule has 0 radical (unpaired) electrons. The Kier molecular flexibility index (Phi) is 10.5. The number of carbonyl (C=O) groups is 2. The quantitative estimate of drug-likeness (QED) is 0.325. The number of esters is 1. The number of aromatic nitrogens is 2. The SMILES string of the molecule is CCc1c2c(nc3ccc(OC(=O)N4CCC(N5CCCCC5)CC4)cc13)-c1cc3c(c(=O)n1C2)COC(=O)[C@]3(O)CC.Cl.O.O. The van der Waals surface area contributed by atoms with Gasteiger partial charge >= 0.3 is 12.1 Å². The zero-order valence-electron chi connectivity index (χ0n) is 26.3. The fourth-order valence-electron chi connectivity index (χ4n) is 7.47. The summed E-state index contributed by atoms with van der Waals surface area (Å²) in [6.45, 7) is 7.65. The average molecular weight is 659 g/mol. The topological polar surface area (TPSA) is 177 Å². The molecule has 0 unspecified atom stereocenters. The van der Waals surface area contributed by atoms with E-state index >= 15 is 0 Å². The van der Waals surface area contributed by atoms with E-state index in [2.05, 4.69) is 11.8 Å². The predicted octanol–water partition coefficient (Wildman–Crippen LogP) is 2.86. The number of hydrogen-bond donors (Lipinski definition) is 1. The first-order valence-electron chi connectivity index (χ1n) is 15.7. The van der Waals surface area contributed by atoms with Gasteiger partial charge in [0.25, 0.3) is 5.56 Å². The molecule has 13 heteroatoms. The lowest BCUT2D eigenvalue weighted by atomic mass is 9.86. The summed E-state index contributed by atoms with van der Waals surface area (Å²) >= 11 is 0. The third-order valence-corrected chi connectivity index (χ3v) is 9.97. The molecule has 2 aromatic heterocycles. The first-order valence-corrected chi connectivity index (χ1v) is 15.7. The van der Waals surface area contributed by atoms with E-state index in [4.69, 9.17) is 14.5 Å². The molecule has 2 fully saturated rings. The van der Waals surface area contributed by atoms with E-state index in [-0.39, 0.29) is 48.0 Å². The average Bonchev–Trinajstić information content (AvgIpc) is 3.41. The molecule has 2 saturated heterocycles. The number of nitrogens with zero attached hydrogens (tertiary/aromatic N) is 4. The lowest BCUT2D eigenvalue weighted by Crippen LogP contribution is -2.48. The zero-order chi connectivity index (χ0) is 29.9. The van der Waals surface area contributed by atoms with Crippen LogP contribution in [0.25, 0.3) is 22.3 Å². The highest BCUT2D eigenvalue weighted by Crippen LogP contribution is 2.41. The number of ether oxygens (including phenoxy) is 2. The number of piperidine rings is 2. The van der Waals surface area contributed by atoms with Crippen molar-refractivity contribution in [3.63, 3.8) is 0 Å². The summed E-state index contributed by atoms with van der Waals surface area (Å²) in [6, 6.07) is 7.77. The minimum Gasteiger partial charge on any atom is -0.458 e. The van der Waals surface area contributed by atoms with Gasteiger partial charge in [0.15, 0.2) is 5.60 Å². The van der Waals surface area contributed by atoms with E-state index < -0.39 is 11.6 Å². The summed E-state index contributed by atoms with van der Waals surface area (Å²) in [5.41, 5.74) is 2.38. The molecule has 5 N–H and O–H groups in total. The lowest BCUT2D eigenvalue weighted by molar-refractivity contribution is -0.172. The number of likely N-dealkylation sites (tertiary alicyclic amines) is 2. The number of cyclic esters (lactones) is 1. The Balaban J connectivity index is 0.00000160. The molecule has 1 amide bonds. The summed E-state index contributed by atoms with van der Waals surface area (Å²) in [7, 11) is 0. The first kappa shape index (κ1) is 35.3. The number of aryl methyl sites for hydroxylation is 1. The van der Waals surface area contributed by atoms with Crippen molar-refractivity contribution < 1.29 is 35.1 Å². The number of benzene rings is 1. The number of rotatable bonds is 4. The standard InChI is InChI=1S/C33H38N4O6.ClH.2H2O/c1-3-22-23-16-21(43-32(40)36-14-10-20(11-15-36)35-12-6-5-7-13-35)8-9-27(23)34-29-24(22)18-37-28(29)17-26-25(30(37)38)19-42-31(39)33(26,41)4-2;;;/h8-9,16-17,20,41H,3-7,10-15,18-19H2,1-2H3;1H;2*1H2/t33-;;;/m0.../s1. The Morgan fingerprint density at radius 1 is 1.04 bits per heavy atom. The molecule has 0 spiro atoms. The van der Waals surface area contributed by atoms with Crippen molar-refractivity contribution in [3.8, 4) is 17.1 Å². The Morgan fingerprint density at radius 2 is 1.76 bits per heavy atom. The van der Waals surface area contributed by atoms with Crippen LogP contribution in [0.4, 0.5) is 4.79 Å². The Morgan fingerprint density at radius 3 is 2.43 bits per heavy atom. The fraction of sp³-hybridized carbons (Fsp3) is 0.515. The van der Waals surface area contributed by atoms with E-state index in [0.717, 1.165) is 34.9 Å². The minimum atomic E-state index is -1.86. The van der Waals surface area contributed by atoms with Crippen molar-refractivity contribution in [2.75, 3.05) is 26.2 Å². The van der Waals surface area contributed by atoms with Crippen molar-refractivity contribution in [2.45, 2.75) is 83.6 Å². The van der Waals surface area contributed by atoms with Gasteiger partial charge in [-0.15, -0.1) is 12.4 Å². The van der Waals surface area contributed by atoms with Gasteiger partial charge in [0, 0.05) is 35.6 Å². The van der Waals surface area contributed by atoms with Crippen LogP contribution in [0.15, 0.2) is 29.1 Å². The number of hydrogen-bond acceptors (Lipinski definition) is 8. The van der Waals surface area contributed by atoms with Gasteiger partial charge < -0.3 is 39.9 Å². The molecule has 250 valence electrons. The molecule has 3 aromatic rings. The van der Waals surface area contributed by atoms with E-state index in [1.54, 1.807) is 23.6 Å². The maximum atomic E-state index is 13.6. The Labute approximate surface area is 273 Å². The zero-order valence-corrected chi connectivity index (χ0v) is 27.1. The van der Waals surface area contributed by atoms with Crippen LogP contribution in [0.2, 0.25) is 0 Å². The van der Waals surface area contributed by atoms with Crippen LogP contribution in [0.1, 0.15) is 74.6 Å². The van der Waals surface area contributed by atoms with Crippen molar-refractivity contribution in [1.82, 2.24) is 19.4 Å². The third kappa shape index (κ3) is 5.66. The van der Waals surface area contributed by atoms with E-state index in [0.29, 0.717) is 60.4 Å². The van der Waals surface area contributed by atoms with Crippen LogP contribution in [0.3, 0.4) is 0 Å². The van der Waals surface area contributed by atoms with Gasteiger partial charge in [0.1, 0.15) is 12.4 Å². The van der Waals surface area contributed by atoms with Crippen LogP contribution in [-0.2, 0) is 34.7 Å². The van der Waals surface area contributed by atoms with Crippen molar-refractivity contribution in [3.05, 3.63) is 56.9 Å². The van der Waals surface area contributed by atoms with Crippen LogP contribution in [0, 0.1) is 0 Å². The highest BCUT2D eigenvalue weighted by atomic mass is 35.5. The maximum absolute atomic E-state index is 13.6. The second-order valence-corrected chi connectivity index (χ2v) is 12.2. The molecule has 6 heterocycles. The number of amides is 1. The lowest BCUT2D eigenvalue weighted by Gasteiger charge is -2.39. The van der Waals surface area contributed by atoms with Crippen molar-refractivity contribution in [2.24, 2.45) is 0 Å². The first-order chi connectivity index (χ1) is 20.8. The smallest absolute Gasteiger partial charge is 0.415 e. The number of carbonyl (C=O) groups excluding carboxylic acids is 2. The van der Waals surface area contributed by atoms with Gasteiger partial charge in [-0.05, 0) is 81.4 Å². The van der Waals surface area contributed by atoms with E-state index in [1.165, 1.54) is 32.4 Å². The second-order valence-electron chi connectivity index (χ2n) is 12.2. The molecule has 0 saturated carbocycles. The fourth-order valence-corrected chi connectivity index (χ4v) is 7.47. The summed E-state index contributed by atoms with van der Waals surface area (Å²) < 4.78 is 12.7. The third-order valence-electron chi connectivity index (χ3n) is 9.97. The maximum Gasteiger partial charge on any atom is 0.415 e. The second kappa shape index (κ2) is 13.7. The summed E-state index contributed by atoms with van der Waals surface area (Å²) in [4.78, 5) is 48.5. The van der Waals surface area contributed by atoms with Gasteiger partial charge in [-0.1, -0.05) is 20.3 Å². The summed E-state index contributed by atoms with van der Waals surface area (Å²) in [5, 5.41) is 12.0. The molecule has 0 aliphatic carbocycles. The molecule has 4 aliphatic heterocycles. The minimum absolute atomic E-state index is 0. The van der Waals surface area contributed by atoms with Crippen LogP contribution >= 0.6 is 12.4 Å². The van der Waals surface area contributed by atoms with Crippen molar-refractivity contribution in [1.29, 1.82) is 0 Å². The van der Waals surface area contributed by atoms with Crippen LogP contribution in [0.5, 0.6) is 5.75 Å². The van der Waals surface area contributed by atoms with Gasteiger partial charge in [-0.25, -0.2) is 14.6 Å². The summed E-state index contributed by atoms with van der Waals surface area (Å²) in [6.07, 6.45) is 6.26. The molecule has 7 rings (SSSR count).